The molecule has 80 valence electrons. The van der Waals surface area contributed by atoms with Crippen molar-refractivity contribution in [3.63, 3.8) is 0 Å². The Kier molecular flexibility index (Phi) is 3.84. The van der Waals surface area contributed by atoms with Crippen molar-refractivity contribution in [2.75, 3.05) is 26.2 Å². The van der Waals surface area contributed by atoms with Gasteiger partial charge >= 0.3 is 5.97 Å². The summed E-state index contributed by atoms with van der Waals surface area (Å²) in [5.41, 5.74) is 5.03. The maximum Gasteiger partial charge on any atom is 0.306 e. The van der Waals surface area contributed by atoms with E-state index in [2.05, 4.69) is 0 Å². The van der Waals surface area contributed by atoms with E-state index in [1.54, 1.807) is 4.90 Å². The molecule has 6 heteroatoms. The third-order valence-electron chi connectivity index (χ3n) is 2.00. The fourth-order valence-corrected chi connectivity index (χ4v) is 1.46. The summed E-state index contributed by atoms with van der Waals surface area (Å²) in [6, 6.07) is 0. The normalized spacial score (nSPS) is 23.3. The van der Waals surface area contributed by atoms with Gasteiger partial charge in [0.1, 0.15) is 0 Å². The number of primary amides is 1. The molecule has 0 radical (unpaired) electrons. The summed E-state index contributed by atoms with van der Waals surface area (Å²) in [5, 5.41) is 8.54. The van der Waals surface area contributed by atoms with Crippen LogP contribution in [-0.2, 0) is 14.3 Å². The average Bonchev–Trinajstić information content (AvgIpc) is 2.01. The standard InChI is InChI=1S/C8H14N2O4/c9-7(11)5-10-1-2-14-6(4-10)3-8(12)13/h6H,1-5H2,(H2,9,11)(H,12,13). The van der Waals surface area contributed by atoms with Gasteiger partial charge in [0.25, 0.3) is 0 Å². The number of aliphatic carboxylic acids is 1. The van der Waals surface area contributed by atoms with Crippen LogP contribution < -0.4 is 5.73 Å². The van der Waals surface area contributed by atoms with E-state index in [-0.39, 0.29) is 19.1 Å². The molecule has 1 aliphatic heterocycles. The highest BCUT2D eigenvalue weighted by Gasteiger charge is 2.23. The number of amides is 1. The second kappa shape index (κ2) is 4.92. The van der Waals surface area contributed by atoms with Crippen molar-refractivity contribution >= 4 is 11.9 Å². The second-order valence-electron chi connectivity index (χ2n) is 3.29. The molecule has 1 fully saturated rings. The average molecular weight is 202 g/mol. The third kappa shape index (κ3) is 3.71. The lowest BCUT2D eigenvalue weighted by molar-refractivity contribution is -0.142. The first-order valence-electron chi connectivity index (χ1n) is 4.42. The van der Waals surface area contributed by atoms with E-state index in [0.29, 0.717) is 19.7 Å². The van der Waals surface area contributed by atoms with Crippen LogP contribution in [0.1, 0.15) is 6.42 Å². The zero-order valence-electron chi connectivity index (χ0n) is 7.81. The molecule has 0 aromatic heterocycles. The molecule has 0 spiro atoms. The first-order valence-corrected chi connectivity index (χ1v) is 4.42. The quantitative estimate of drug-likeness (QED) is 0.587. The predicted molar refractivity (Wildman–Crippen MR) is 47.6 cm³/mol. The molecule has 6 nitrogen and oxygen atoms in total. The number of carboxylic acid groups (broad SMARTS) is 1. The molecule has 0 bridgehead atoms. The number of carboxylic acids is 1. The highest BCUT2D eigenvalue weighted by Crippen LogP contribution is 2.07. The molecule has 3 N–H and O–H groups in total. The Morgan fingerprint density at radius 1 is 1.57 bits per heavy atom. The van der Waals surface area contributed by atoms with Crippen LogP contribution in [-0.4, -0.2) is 54.2 Å². The lowest BCUT2D eigenvalue weighted by Gasteiger charge is -2.31. The molecular weight excluding hydrogens is 188 g/mol. The summed E-state index contributed by atoms with van der Waals surface area (Å²) < 4.78 is 5.23. The maximum atomic E-state index is 10.6. The topological polar surface area (TPSA) is 92.9 Å². The minimum absolute atomic E-state index is 0.0325. The first kappa shape index (κ1) is 10.9. The van der Waals surface area contributed by atoms with Crippen LogP contribution >= 0.6 is 0 Å². The number of morpholine rings is 1. The van der Waals surface area contributed by atoms with Gasteiger partial charge in [0, 0.05) is 13.1 Å². The molecule has 0 aromatic rings. The summed E-state index contributed by atoms with van der Waals surface area (Å²) in [5.74, 6) is -1.29. The van der Waals surface area contributed by atoms with Gasteiger partial charge in [-0.05, 0) is 0 Å². The summed E-state index contributed by atoms with van der Waals surface area (Å²) in [7, 11) is 0. The Morgan fingerprint density at radius 3 is 2.86 bits per heavy atom. The molecule has 1 aliphatic rings. The molecule has 1 amide bonds. The number of rotatable bonds is 4. The van der Waals surface area contributed by atoms with Gasteiger partial charge in [0.2, 0.25) is 5.91 Å². The van der Waals surface area contributed by atoms with Crippen molar-refractivity contribution < 1.29 is 19.4 Å². The number of hydrogen-bond donors (Lipinski definition) is 2. The second-order valence-corrected chi connectivity index (χ2v) is 3.29. The van der Waals surface area contributed by atoms with E-state index >= 15 is 0 Å². The fraction of sp³-hybridized carbons (Fsp3) is 0.750. The van der Waals surface area contributed by atoms with Gasteiger partial charge in [-0.25, -0.2) is 0 Å². The lowest BCUT2D eigenvalue weighted by atomic mass is 10.2. The van der Waals surface area contributed by atoms with Gasteiger partial charge in [-0.15, -0.1) is 0 Å². The van der Waals surface area contributed by atoms with E-state index in [1.165, 1.54) is 0 Å². The van der Waals surface area contributed by atoms with Crippen LogP contribution in [0.5, 0.6) is 0 Å². The van der Waals surface area contributed by atoms with Crippen molar-refractivity contribution in [2.24, 2.45) is 5.73 Å². The first-order chi connectivity index (χ1) is 6.58. The van der Waals surface area contributed by atoms with E-state index in [0.717, 1.165) is 0 Å². The predicted octanol–water partition coefficient (Wildman–Crippen LogP) is -1.35. The smallest absolute Gasteiger partial charge is 0.306 e. The Hall–Kier alpha value is -1.14. The summed E-state index contributed by atoms with van der Waals surface area (Å²) in [6.07, 6.45) is -0.365. The van der Waals surface area contributed by atoms with Gasteiger partial charge in [-0.3, -0.25) is 14.5 Å². The van der Waals surface area contributed by atoms with Crippen molar-refractivity contribution in [3.8, 4) is 0 Å². The van der Waals surface area contributed by atoms with E-state index in [1.807, 2.05) is 0 Å². The molecule has 14 heavy (non-hydrogen) atoms. The SMILES string of the molecule is NC(=O)CN1CCOC(CC(=O)O)C1. The molecular formula is C8H14N2O4. The third-order valence-corrected chi connectivity index (χ3v) is 2.00. The highest BCUT2D eigenvalue weighted by atomic mass is 16.5. The molecule has 1 heterocycles. The molecule has 1 rings (SSSR count). The number of carbonyl (C=O) groups is 2. The van der Waals surface area contributed by atoms with Gasteiger partial charge in [-0.1, -0.05) is 0 Å². The molecule has 0 aromatic carbocycles. The minimum Gasteiger partial charge on any atom is -0.481 e. The zero-order valence-corrected chi connectivity index (χ0v) is 7.81. The molecule has 1 atom stereocenters. The van der Waals surface area contributed by atoms with Gasteiger partial charge in [-0.2, -0.15) is 0 Å². The van der Waals surface area contributed by atoms with Gasteiger partial charge in [0.15, 0.2) is 0 Å². The van der Waals surface area contributed by atoms with Crippen LogP contribution in [0.3, 0.4) is 0 Å². The van der Waals surface area contributed by atoms with E-state index in [9.17, 15) is 9.59 Å². The molecule has 0 saturated carbocycles. The molecule has 1 unspecified atom stereocenters. The Bertz CT molecular complexity index is 209. The summed E-state index contributed by atoms with van der Waals surface area (Å²) in [6.45, 7) is 1.69. The number of nitrogens with zero attached hydrogens (tertiary/aromatic N) is 1. The summed E-state index contributed by atoms with van der Waals surface area (Å²) in [4.78, 5) is 22.8. The molecule has 1 saturated heterocycles. The largest absolute Gasteiger partial charge is 0.481 e. The molecule has 0 aliphatic carbocycles. The van der Waals surface area contributed by atoms with E-state index < -0.39 is 11.9 Å². The van der Waals surface area contributed by atoms with Crippen LogP contribution in [0.2, 0.25) is 0 Å². The van der Waals surface area contributed by atoms with Crippen molar-refractivity contribution in [1.82, 2.24) is 4.90 Å². The van der Waals surface area contributed by atoms with Crippen molar-refractivity contribution in [3.05, 3.63) is 0 Å². The maximum absolute atomic E-state index is 10.6. The zero-order chi connectivity index (χ0) is 10.6. The van der Waals surface area contributed by atoms with Crippen molar-refractivity contribution in [2.45, 2.75) is 12.5 Å². The van der Waals surface area contributed by atoms with Crippen LogP contribution in [0.25, 0.3) is 0 Å². The fourth-order valence-electron chi connectivity index (χ4n) is 1.46. The highest BCUT2D eigenvalue weighted by molar-refractivity contribution is 5.76. The van der Waals surface area contributed by atoms with Gasteiger partial charge in [0.05, 0.1) is 25.7 Å². The number of hydrogen-bond acceptors (Lipinski definition) is 4. The summed E-state index contributed by atoms with van der Waals surface area (Å²) >= 11 is 0. The monoisotopic (exact) mass is 202 g/mol. The lowest BCUT2D eigenvalue weighted by Crippen LogP contribution is -2.46. The van der Waals surface area contributed by atoms with Crippen LogP contribution in [0.15, 0.2) is 0 Å². The number of carbonyl (C=O) groups excluding carboxylic acids is 1. The number of nitrogens with two attached hydrogens (primary N) is 1. The van der Waals surface area contributed by atoms with Crippen molar-refractivity contribution in [1.29, 1.82) is 0 Å². The van der Waals surface area contributed by atoms with E-state index in [4.69, 9.17) is 15.6 Å². The van der Waals surface area contributed by atoms with Crippen LogP contribution in [0.4, 0.5) is 0 Å². The Balaban J connectivity index is 2.35. The minimum atomic E-state index is -0.893. The van der Waals surface area contributed by atoms with Gasteiger partial charge < -0.3 is 15.6 Å². The number of ether oxygens (including phenoxy) is 1. The van der Waals surface area contributed by atoms with Crippen LogP contribution in [0, 0.1) is 0 Å². The Morgan fingerprint density at radius 2 is 2.29 bits per heavy atom. The Labute approximate surface area is 81.6 Å².